The number of carbonyl (C=O) groups excluding carboxylic acids is 1. The van der Waals surface area contributed by atoms with Gasteiger partial charge >= 0.3 is 12.2 Å². The molecule has 0 bridgehead atoms. The van der Waals surface area contributed by atoms with Gasteiger partial charge in [-0.3, -0.25) is 9.58 Å². The van der Waals surface area contributed by atoms with Crippen molar-refractivity contribution in [2.24, 2.45) is 0 Å². The Hall–Kier alpha value is -3.27. The SMILES string of the molecule is C[C@H]1c2cn(C3CC3)nc2N(Cc2ccccc2C(F)(F)F)C(=O)N1C1CCN(c2c(F)cccc2Cl)CC1. The summed E-state index contributed by atoms with van der Waals surface area (Å²) in [5.41, 5.74) is 0.435. The molecule has 2 amide bonds. The van der Waals surface area contributed by atoms with E-state index in [-0.39, 0.29) is 36.3 Å². The third-order valence-corrected chi connectivity index (χ3v) is 8.30. The van der Waals surface area contributed by atoms with Crippen LogP contribution < -0.4 is 9.80 Å². The Morgan fingerprint density at radius 2 is 1.72 bits per heavy atom. The van der Waals surface area contributed by atoms with Crippen molar-refractivity contribution in [3.05, 3.63) is 76.2 Å². The summed E-state index contributed by atoms with van der Waals surface area (Å²) in [6.45, 7) is 2.69. The quantitative estimate of drug-likeness (QED) is 0.309. The molecule has 3 aromatic rings. The average Bonchev–Trinajstić information content (AvgIpc) is 3.65. The first kappa shape index (κ1) is 26.0. The Kier molecular flexibility index (Phi) is 6.48. The Labute approximate surface area is 228 Å². The summed E-state index contributed by atoms with van der Waals surface area (Å²) < 4.78 is 57.8. The third-order valence-electron chi connectivity index (χ3n) is 8.00. The molecule has 2 fully saturated rings. The number of carbonyl (C=O) groups is 1. The molecule has 39 heavy (non-hydrogen) atoms. The van der Waals surface area contributed by atoms with Gasteiger partial charge < -0.3 is 9.80 Å². The number of alkyl halides is 3. The Morgan fingerprint density at radius 3 is 2.38 bits per heavy atom. The summed E-state index contributed by atoms with van der Waals surface area (Å²) in [5.74, 6) is 0.0261. The van der Waals surface area contributed by atoms with Crippen LogP contribution in [0.1, 0.15) is 61.4 Å². The highest BCUT2D eigenvalue weighted by atomic mass is 35.5. The molecule has 2 aromatic carbocycles. The smallest absolute Gasteiger partial charge is 0.368 e. The van der Waals surface area contributed by atoms with Gasteiger partial charge in [0.1, 0.15) is 5.82 Å². The predicted octanol–water partition coefficient (Wildman–Crippen LogP) is 7.20. The van der Waals surface area contributed by atoms with Crippen LogP contribution in [-0.2, 0) is 12.7 Å². The lowest BCUT2D eigenvalue weighted by molar-refractivity contribution is -0.138. The zero-order valence-corrected chi connectivity index (χ0v) is 22.1. The van der Waals surface area contributed by atoms with Gasteiger partial charge in [-0.25, -0.2) is 9.18 Å². The zero-order chi connectivity index (χ0) is 27.5. The van der Waals surface area contributed by atoms with Crippen LogP contribution in [0.15, 0.2) is 48.7 Å². The maximum atomic E-state index is 14.5. The second kappa shape index (κ2) is 9.73. The van der Waals surface area contributed by atoms with Crippen molar-refractivity contribution in [3.63, 3.8) is 0 Å². The summed E-state index contributed by atoms with van der Waals surface area (Å²) in [6, 6.07) is 9.34. The summed E-state index contributed by atoms with van der Waals surface area (Å²) in [4.78, 5) is 19.1. The standard InChI is InChI=1S/C28H28ClF4N5O/c1-17-21-16-37(19-9-10-19)34-26(21)36(15-18-5-2-3-6-22(18)28(31,32)33)27(39)38(17)20-11-13-35(14-12-20)25-23(29)7-4-8-24(25)30/h2-8,16-17,19-20H,9-15H2,1H3/t17-/m0/s1. The number of hydrogen-bond donors (Lipinski definition) is 0. The van der Waals surface area contributed by atoms with E-state index in [9.17, 15) is 22.4 Å². The first-order chi connectivity index (χ1) is 18.6. The molecule has 6 rings (SSSR count). The van der Waals surface area contributed by atoms with Gasteiger partial charge in [-0.05, 0) is 56.4 Å². The van der Waals surface area contributed by atoms with E-state index in [1.807, 2.05) is 22.7 Å². The fourth-order valence-electron chi connectivity index (χ4n) is 5.85. The van der Waals surface area contributed by atoms with Crippen LogP contribution in [0.25, 0.3) is 0 Å². The molecule has 3 heterocycles. The highest BCUT2D eigenvalue weighted by molar-refractivity contribution is 6.33. The van der Waals surface area contributed by atoms with Gasteiger partial charge in [0.05, 0.1) is 34.9 Å². The first-order valence-electron chi connectivity index (χ1n) is 13.2. The van der Waals surface area contributed by atoms with Crippen molar-refractivity contribution in [1.82, 2.24) is 14.7 Å². The van der Waals surface area contributed by atoms with E-state index in [1.165, 1.54) is 23.1 Å². The number of aromatic nitrogens is 2. The minimum atomic E-state index is -4.54. The molecule has 0 unspecified atom stereocenters. The fraction of sp³-hybridized carbons (Fsp3) is 0.429. The Balaban J connectivity index is 1.31. The number of nitrogens with zero attached hydrogens (tertiary/aromatic N) is 5. The molecule has 1 saturated heterocycles. The van der Waals surface area contributed by atoms with Crippen molar-refractivity contribution < 1.29 is 22.4 Å². The lowest BCUT2D eigenvalue weighted by Crippen LogP contribution is -2.55. The van der Waals surface area contributed by atoms with Crippen molar-refractivity contribution in [2.75, 3.05) is 22.9 Å². The van der Waals surface area contributed by atoms with E-state index in [0.29, 0.717) is 42.5 Å². The highest BCUT2D eigenvalue weighted by Crippen LogP contribution is 2.44. The van der Waals surface area contributed by atoms with Crippen LogP contribution in [0.2, 0.25) is 5.02 Å². The molecule has 2 aliphatic heterocycles. The topological polar surface area (TPSA) is 44.6 Å². The number of hydrogen-bond acceptors (Lipinski definition) is 3. The van der Waals surface area contributed by atoms with E-state index >= 15 is 0 Å². The maximum absolute atomic E-state index is 14.5. The van der Waals surface area contributed by atoms with Gasteiger partial charge in [0, 0.05) is 30.9 Å². The Bertz CT molecular complexity index is 1380. The molecule has 1 atom stereocenters. The van der Waals surface area contributed by atoms with E-state index in [2.05, 4.69) is 5.10 Å². The van der Waals surface area contributed by atoms with Crippen molar-refractivity contribution >= 4 is 29.1 Å². The lowest BCUT2D eigenvalue weighted by Gasteiger charge is -2.46. The number of urea groups is 1. The van der Waals surface area contributed by atoms with Gasteiger partial charge in [0.2, 0.25) is 0 Å². The number of benzene rings is 2. The van der Waals surface area contributed by atoms with Crippen molar-refractivity contribution in [2.45, 2.75) is 63.5 Å². The van der Waals surface area contributed by atoms with Crippen molar-refractivity contribution in [3.8, 4) is 0 Å². The molecule has 206 valence electrons. The Morgan fingerprint density at radius 1 is 1.00 bits per heavy atom. The molecular weight excluding hydrogens is 534 g/mol. The lowest BCUT2D eigenvalue weighted by atomic mass is 9.97. The largest absolute Gasteiger partial charge is 0.416 e. The van der Waals surface area contributed by atoms with Crippen LogP contribution in [0.4, 0.5) is 33.9 Å². The zero-order valence-electron chi connectivity index (χ0n) is 21.3. The number of para-hydroxylation sites is 1. The molecule has 3 aliphatic rings. The number of halogens is 5. The molecule has 11 heteroatoms. The second-order valence-electron chi connectivity index (χ2n) is 10.5. The average molecular weight is 562 g/mol. The van der Waals surface area contributed by atoms with Crippen LogP contribution in [0.3, 0.4) is 0 Å². The van der Waals surface area contributed by atoms with Crippen LogP contribution >= 0.6 is 11.6 Å². The molecule has 1 aromatic heterocycles. The minimum Gasteiger partial charge on any atom is -0.368 e. The number of anilines is 2. The summed E-state index contributed by atoms with van der Waals surface area (Å²) in [5, 5.41) is 5.02. The van der Waals surface area contributed by atoms with E-state index in [0.717, 1.165) is 24.5 Å². The molecule has 1 saturated carbocycles. The van der Waals surface area contributed by atoms with Crippen molar-refractivity contribution in [1.29, 1.82) is 0 Å². The third kappa shape index (κ3) is 4.73. The van der Waals surface area contributed by atoms with Gasteiger partial charge in [-0.1, -0.05) is 35.9 Å². The van der Waals surface area contributed by atoms with Gasteiger partial charge in [-0.15, -0.1) is 0 Å². The van der Waals surface area contributed by atoms with Crippen LogP contribution in [0, 0.1) is 5.82 Å². The molecule has 0 spiro atoms. The summed E-state index contributed by atoms with van der Waals surface area (Å²) >= 11 is 6.28. The van der Waals surface area contributed by atoms with Crippen LogP contribution in [-0.4, -0.2) is 39.8 Å². The molecule has 0 radical (unpaired) electrons. The second-order valence-corrected chi connectivity index (χ2v) is 10.9. The molecule has 1 aliphatic carbocycles. The molecular formula is C28H28ClF4N5O. The highest BCUT2D eigenvalue weighted by Gasteiger charge is 2.44. The molecule has 6 nitrogen and oxygen atoms in total. The number of fused-ring (bicyclic) bond motifs is 1. The summed E-state index contributed by atoms with van der Waals surface area (Å²) in [7, 11) is 0. The monoisotopic (exact) mass is 561 g/mol. The van der Waals surface area contributed by atoms with Gasteiger partial charge in [0.25, 0.3) is 0 Å². The van der Waals surface area contributed by atoms with Crippen LogP contribution in [0.5, 0.6) is 0 Å². The first-order valence-corrected chi connectivity index (χ1v) is 13.5. The number of piperidine rings is 1. The number of rotatable bonds is 5. The normalized spacial score (nSPS) is 20.5. The predicted molar refractivity (Wildman–Crippen MR) is 140 cm³/mol. The van der Waals surface area contributed by atoms with Gasteiger partial charge in [0.15, 0.2) is 5.82 Å². The number of amides is 2. The summed E-state index contributed by atoms with van der Waals surface area (Å²) in [6.07, 6.45) is 0.508. The van der Waals surface area contributed by atoms with E-state index in [1.54, 1.807) is 23.1 Å². The minimum absolute atomic E-state index is 0.0174. The molecule has 0 N–H and O–H groups in total. The fourth-order valence-corrected chi connectivity index (χ4v) is 6.13. The van der Waals surface area contributed by atoms with E-state index < -0.39 is 17.6 Å². The van der Waals surface area contributed by atoms with Gasteiger partial charge in [-0.2, -0.15) is 18.3 Å². The van der Waals surface area contributed by atoms with E-state index in [4.69, 9.17) is 11.6 Å². The maximum Gasteiger partial charge on any atom is 0.416 e.